The van der Waals surface area contributed by atoms with E-state index in [1.165, 1.54) is 0 Å². The quantitative estimate of drug-likeness (QED) is 0.201. The Morgan fingerprint density at radius 1 is 1.18 bits per heavy atom. The van der Waals surface area contributed by atoms with Crippen LogP contribution in [0.25, 0.3) is 0 Å². The van der Waals surface area contributed by atoms with E-state index in [2.05, 4.69) is 11.5 Å². The van der Waals surface area contributed by atoms with Gasteiger partial charge in [0.15, 0.2) is 0 Å². The number of aliphatic hydroxyl groups is 1. The van der Waals surface area contributed by atoms with Crippen molar-refractivity contribution in [2.24, 2.45) is 11.8 Å². The Labute approximate surface area is 226 Å². The van der Waals surface area contributed by atoms with Crippen molar-refractivity contribution in [3.05, 3.63) is 12.7 Å². The van der Waals surface area contributed by atoms with Crippen molar-refractivity contribution in [2.75, 3.05) is 65.7 Å². The molecule has 38 heavy (non-hydrogen) atoms. The lowest BCUT2D eigenvalue weighted by atomic mass is 9.66. The Hall–Kier alpha value is -2.01. The topological polar surface area (TPSA) is 109 Å². The first-order valence-corrected chi connectivity index (χ1v) is 14.3. The minimum absolute atomic E-state index is 0.141. The van der Waals surface area contributed by atoms with Crippen molar-refractivity contribution in [2.45, 2.75) is 69.6 Å². The molecule has 2 bridgehead atoms. The molecule has 2 amide bonds. The molecule has 1 N–H and O–H groups in total. The van der Waals surface area contributed by atoms with Gasteiger partial charge in [-0.2, -0.15) is 0 Å². The molecular weight excluding hydrogens is 490 g/mol. The van der Waals surface area contributed by atoms with Gasteiger partial charge >= 0.3 is 5.97 Å². The van der Waals surface area contributed by atoms with Crippen molar-refractivity contribution < 1.29 is 33.7 Å². The highest BCUT2D eigenvalue weighted by molar-refractivity contribution is 5.98. The van der Waals surface area contributed by atoms with E-state index in [1.54, 1.807) is 22.8 Å². The van der Waals surface area contributed by atoms with Crippen LogP contribution in [0.5, 0.6) is 0 Å². The van der Waals surface area contributed by atoms with Gasteiger partial charge < -0.3 is 29.1 Å². The van der Waals surface area contributed by atoms with E-state index in [4.69, 9.17) is 19.3 Å². The van der Waals surface area contributed by atoms with Gasteiger partial charge in [-0.25, -0.2) is 0 Å². The van der Waals surface area contributed by atoms with Crippen molar-refractivity contribution in [1.29, 1.82) is 0 Å². The van der Waals surface area contributed by atoms with Gasteiger partial charge in [0.05, 0.1) is 31.3 Å². The minimum Gasteiger partial charge on any atom is -0.466 e. The van der Waals surface area contributed by atoms with Gasteiger partial charge in [-0.3, -0.25) is 19.3 Å². The number of likely N-dealkylation sites (tertiary alicyclic amines) is 1. The van der Waals surface area contributed by atoms with E-state index in [0.717, 1.165) is 32.4 Å². The number of carbonyl (C=O) groups is 3. The fraction of sp³-hybridized carbons (Fsp3) is 0.821. The van der Waals surface area contributed by atoms with Crippen molar-refractivity contribution in [3.8, 4) is 0 Å². The molecule has 0 radical (unpaired) electrons. The van der Waals surface area contributed by atoms with E-state index in [0.29, 0.717) is 58.7 Å². The van der Waals surface area contributed by atoms with Crippen LogP contribution in [0.1, 0.15) is 52.4 Å². The zero-order valence-electron chi connectivity index (χ0n) is 23.1. The summed E-state index contributed by atoms with van der Waals surface area (Å²) in [5.41, 5.74) is -1.86. The summed E-state index contributed by atoms with van der Waals surface area (Å²) in [6.07, 6.45) is 6.00. The Kier molecular flexibility index (Phi) is 9.49. The second-order valence-electron chi connectivity index (χ2n) is 11.2. The lowest BCUT2D eigenvalue weighted by Gasteiger charge is -2.37. The van der Waals surface area contributed by atoms with E-state index in [9.17, 15) is 14.4 Å². The molecule has 10 nitrogen and oxygen atoms in total. The molecule has 214 valence electrons. The zero-order valence-corrected chi connectivity index (χ0v) is 23.1. The van der Waals surface area contributed by atoms with Gasteiger partial charge in [0.1, 0.15) is 17.6 Å². The number of nitrogens with zero attached hydrogens (tertiary/aromatic N) is 3. The molecule has 4 heterocycles. The van der Waals surface area contributed by atoms with Crippen LogP contribution in [0.2, 0.25) is 0 Å². The van der Waals surface area contributed by atoms with Crippen LogP contribution >= 0.6 is 0 Å². The average Bonchev–Trinajstić information content (AvgIpc) is 3.47. The standard InChI is InChI=1S/C28H45N3O7/c1-4-12-30(15-14-29-16-19-36-20-17-29)25(34)23-28-11-10-27(3,38-28)22(26(35)37-5-2)21(28)24(33)31(23)13-8-6-7-9-18-32/h4,21-23,32H,1,5-20H2,2-3H3/t21-,22-,23?,27+,28?/m0/s1. The van der Waals surface area contributed by atoms with Gasteiger partial charge in [0.2, 0.25) is 11.8 Å². The van der Waals surface area contributed by atoms with Gasteiger partial charge in [-0.1, -0.05) is 18.9 Å². The van der Waals surface area contributed by atoms with Crippen molar-refractivity contribution in [3.63, 3.8) is 0 Å². The number of aliphatic hydroxyl groups excluding tert-OH is 1. The summed E-state index contributed by atoms with van der Waals surface area (Å²) < 4.78 is 17.5. The van der Waals surface area contributed by atoms with Crippen LogP contribution < -0.4 is 0 Å². The highest BCUT2D eigenvalue weighted by atomic mass is 16.6. The van der Waals surface area contributed by atoms with Crippen LogP contribution in [-0.2, 0) is 28.6 Å². The maximum absolute atomic E-state index is 14.3. The number of unbranched alkanes of at least 4 members (excludes halogenated alkanes) is 3. The predicted octanol–water partition coefficient (Wildman–Crippen LogP) is 1.21. The van der Waals surface area contributed by atoms with Crippen LogP contribution in [-0.4, -0.2) is 121 Å². The van der Waals surface area contributed by atoms with E-state index >= 15 is 0 Å². The molecule has 1 spiro atoms. The van der Waals surface area contributed by atoms with E-state index in [-0.39, 0.29) is 25.0 Å². The van der Waals surface area contributed by atoms with Crippen LogP contribution in [0.3, 0.4) is 0 Å². The van der Waals surface area contributed by atoms with Crippen molar-refractivity contribution in [1.82, 2.24) is 14.7 Å². The summed E-state index contributed by atoms with van der Waals surface area (Å²) in [4.78, 5) is 47.3. The number of rotatable bonds is 14. The molecule has 5 atom stereocenters. The van der Waals surface area contributed by atoms with Crippen molar-refractivity contribution >= 4 is 17.8 Å². The summed E-state index contributed by atoms with van der Waals surface area (Å²) in [5, 5.41) is 9.13. The molecule has 4 aliphatic rings. The predicted molar refractivity (Wildman–Crippen MR) is 140 cm³/mol. The molecule has 10 heteroatoms. The maximum Gasteiger partial charge on any atom is 0.312 e. The molecule has 0 saturated carbocycles. The van der Waals surface area contributed by atoms with Crippen LogP contribution in [0, 0.1) is 11.8 Å². The summed E-state index contributed by atoms with van der Waals surface area (Å²) in [6, 6.07) is -0.788. The number of hydrogen-bond donors (Lipinski definition) is 1. The molecule has 0 aliphatic carbocycles. The first kappa shape index (κ1) is 29.0. The Bertz CT molecular complexity index is 879. The molecule has 2 unspecified atom stereocenters. The molecule has 4 saturated heterocycles. The molecule has 0 aromatic carbocycles. The second kappa shape index (κ2) is 12.4. The number of esters is 1. The molecular formula is C28H45N3O7. The first-order chi connectivity index (χ1) is 18.3. The Balaban J connectivity index is 1.61. The second-order valence-corrected chi connectivity index (χ2v) is 11.2. The highest BCUT2D eigenvalue weighted by Crippen LogP contribution is 2.63. The number of ether oxygens (including phenoxy) is 3. The number of amides is 2. The molecule has 4 aliphatic heterocycles. The third-order valence-electron chi connectivity index (χ3n) is 8.81. The van der Waals surface area contributed by atoms with Gasteiger partial charge in [-0.05, 0) is 39.5 Å². The normalized spacial score (nSPS) is 32.4. The van der Waals surface area contributed by atoms with Crippen LogP contribution in [0.15, 0.2) is 12.7 Å². The Morgan fingerprint density at radius 3 is 2.61 bits per heavy atom. The van der Waals surface area contributed by atoms with E-state index < -0.39 is 35.0 Å². The summed E-state index contributed by atoms with van der Waals surface area (Å²) in [7, 11) is 0. The largest absolute Gasteiger partial charge is 0.466 e. The highest BCUT2D eigenvalue weighted by Gasteiger charge is 2.78. The summed E-state index contributed by atoms with van der Waals surface area (Å²) in [5.74, 6) is -2.19. The summed E-state index contributed by atoms with van der Waals surface area (Å²) in [6.45, 7) is 12.9. The lowest BCUT2D eigenvalue weighted by Crippen LogP contribution is -2.57. The molecule has 4 fully saturated rings. The summed E-state index contributed by atoms with van der Waals surface area (Å²) >= 11 is 0. The first-order valence-electron chi connectivity index (χ1n) is 14.3. The molecule has 0 aromatic heterocycles. The monoisotopic (exact) mass is 535 g/mol. The number of hydrogen-bond acceptors (Lipinski definition) is 8. The Morgan fingerprint density at radius 2 is 1.92 bits per heavy atom. The van der Waals surface area contributed by atoms with Gasteiger partial charge in [0, 0.05) is 45.9 Å². The smallest absolute Gasteiger partial charge is 0.312 e. The molecule has 0 aromatic rings. The van der Waals surface area contributed by atoms with E-state index in [1.807, 2.05) is 6.92 Å². The molecule has 4 rings (SSSR count). The van der Waals surface area contributed by atoms with Crippen LogP contribution in [0.4, 0.5) is 0 Å². The SMILES string of the molecule is C=CCN(CCN1CCOCC1)C(=O)C1N(CCCCCCO)C(=O)[C@@H]2[C@@H](C(=O)OCC)[C@@]3(C)CCC12O3. The minimum atomic E-state index is -1.04. The third kappa shape index (κ3) is 5.37. The number of fused-ring (bicyclic) bond motifs is 1. The number of morpholine rings is 1. The fourth-order valence-electron chi connectivity index (χ4n) is 6.99. The average molecular weight is 536 g/mol. The fourth-order valence-corrected chi connectivity index (χ4v) is 6.99. The van der Waals surface area contributed by atoms with Gasteiger partial charge in [0.25, 0.3) is 0 Å². The van der Waals surface area contributed by atoms with Gasteiger partial charge in [-0.15, -0.1) is 6.58 Å². The number of carbonyl (C=O) groups excluding carboxylic acids is 3. The maximum atomic E-state index is 14.3. The third-order valence-corrected chi connectivity index (χ3v) is 8.81. The lowest BCUT2D eigenvalue weighted by molar-refractivity contribution is -0.160. The zero-order chi connectivity index (χ0) is 27.3.